The van der Waals surface area contributed by atoms with Crippen LogP contribution in [-0.4, -0.2) is 19.6 Å². The van der Waals surface area contributed by atoms with Crippen molar-refractivity contribution in [3.05, 3.63) is 58.1 Å². The van der Waals surface area contributed by atoms with E-state index < -0.39 is 5.91 Å². The summed E-state index contributed by atoms with van der Waals surface area (Å²) < 4.78 is 11.4. The lowest BCUT2D eigenvalue weighted by Crippen LogP contribution is -2.14. The van der Waals surface area contributed by atoms with Gasteiger partial charge < -0.3 is 14.8 Å². The smallest absolute Gasteiger partial charge is 0.266 e. The van der Waals surface area contributed by atoms with E-state index in [1.54, 1.807) is 42.5 Å². The summed E-state index contributed by atoms with van der Waals surface area (Å²) in [5.41, 5.74) is 1.20. The second-order valence-corrected chi connectivity index (χ2v) is 5.80. The molecule has 0 aliphatic heterocycles. The fraction of sp³-hybridized carbons (Fsp3) is 0.158. The molecule has 0 fully saturated rings. The van der Waals surface area contributed by atoms with Gasteiger partial charge in [-0.25, -0.2) is 0 Å². The highest BCUT2D eigenvalue weighted by atomic mass is 79.9. The van der Waals surface area contributed by atoms with Crippen molar-refractivity contribution in [3.8, 4) is 17.6 Å². The van der Waals surface area contributed by atoms with Crippen LogP contribution in [0.1, 0.15) is 12.5 Å². The molecule has 0 unspecified atom stereocenters. The number of ether oxygens (including phenoxy) is 2. The summed E-state index contributed by atoms with van der Waals surface area (Å²) in [6, 6.07) is 14.3. The van der Waals surface area contributed by atoms with Gasteiger partial charge in [-0.15, -0.1) is 0 Å². The van der Waals surface area contributed by atoms with E-state index in [0.717, 1.165) is 4.47 Å². The lowest BCUT2D eigenvalue weighted by molar-refractivity contribution is -0.112. The first-order valence-corrected chi connectivity index (χ1v) is 8.36. The van der Waals surface area contributed by atoms with Gasteiger partial charge in [0.05, 0.1) is 23.9 Å². The largest absolute Gasteiger partial charge is 0.495 e. The molecule has 0 aliphatic rings. The predicted octanol–water partition coefficient (Wildman–Crippen LogP) is 4.40. The number of carbonyl (C=O) groups is 1. The number of hydrogen-bond acceptors (Lipinski definition) is 4. The average molecular weight is 401 g/mol. The van der Waals surface area contributed by atoms with Crippen molar-refractivity contribution in [2.75, 3.05) is 19.0 Å². The first kappa shape index (κ1) is 18.6. The third-order valence-corrected chi connectivity index (χ3v) is 3.91. The SMILES string of the molecule is CCOc1ccc(/C=C(\C#N)C(=O)Nc2ccccc2OC)cc1Br. The zero-order valence-electron chi connectivity index (χ0n) is 13.9. The predicted molar refractivity (Wildman–Crippen MR) is 101 cm³/mol. The quantitative estimate of drug-likeness (QED) is 0.575. The Hall–Kier alpha value is -2.78. The Balaban J connectivity index is 2.24. The fourth-order valence-electron chi connectivity index (χ4n) is 2.13. The molecular weight excluding hydrogens is 384 g/mol. The van der Waals surface area contributed by atoms with E-state index in [0.29, 0.717) is 29.4 Å². The second kappa shape index (κ2) is 8.90. The molecule has 6 heteroatoms. The van der Waals surface area contributed by atoms with Crippen LogP contribution in [0.5, 0.6) is 11.5 Å². The molecule has 0 aliphatic carbocycles. The van der Waals surface area contributed by atoms with Crippen LogP contribution in [0, 0.1) is 11.3 Å². The van der Waals surface area contributed by atoms with Crippen LogP contribution in [0.2, 0.25) is 0 Å². The van der Waals surface area contributed by atoms with Crippen molar-refractivity contribution < 1.29 is 14.3 Å². The van der Waals surface area contributed by atoms with Gasteiger partial charge >= 0.3 is 0 Å². The van der Waals surface area contributed by atoms with Crippen LogP contribution >= 0.6 is 15.9 Å². The second-order valence-electron chi connectivity index (χ2n) is 4.95. The number of para-hydroxylation sites is 2. The number of halogens is 1. The standard InChI is InChI=1S/C19H17BrN2O3/c1-3-25-17-9-8-13(11-15(17)20)10-14(12-21)19(23)22-16-6-4-5-7-18(16)24-2/h4-11H,3H2,1-2H3,(H,22,23)/b14-10+. The van der Waals surface area contributed by atoms with E-state index in [1.165, 1.54) is 13.2 Å². The number of anilines is 1. The molecule has 0 radical (unpaired) electrons. The van der Waals surface area contributed by atoms with Crippen LogP contribution in [0.3, 0.4) is 0 Å². The number of methoxy groups -OCH3 is 1. The van der Waals surface area contributed by atoms with Crippen LogP contribution in [0.4, 0.5) is 5.69 Å². The Bertz CT molecular complexity index is 841. The number of nitrogens with one attached hydrogen (secondary N) is 1. The number of amides is 1. The Morgan fingerprint density at radius 1 is 1.28 bits per heavy atom. The Labute approximate surface area is 155 Å². The van der Waals surface area contributed by atoms with Gasteiger partial charge in [-0.05, 0) is 58.8 Å². The minimum atomic E-state index is -0.503. The molecular formula is C19H17BrN2O3. The van der Waals surface area contributed by atoms with Crippen LogP contribution in [0.15, 0.2) is 52.5 Å². The molecule has 0 bridgehead atoms. The molecule has 0 aromatic heterocycles. The monoisotopic (exact) mass is 400 g/mol. The van der Waals surface area contributed by atoms with E-state index in [2.05, 4.69) is 21.2 Å². The van der Waals surface area contributed by atoms with Crippen molar-refractivity contribution in [1.82, 2.24) is 0 Å². The molecule has 2 aromatic carbocycles. The highest BCUT2D eigenvalue weighted by molar-refractivity contribution is 9.10. The molecule has 0 spiro atoms. The third-order valence-electron chi connectivity index (χ3n) is 3.29. The topological polar surface area (TPSA) is 71.3 Å². The number of carbonyl (C=O) groups excluding carboxylic acids is 1. The van der Waals surface area contributed by atoms with Crippen molar-refractivity contribution >= 4 is 33.6 Å². The van der Waals surface area contributed by atoms with Crippen molar-refractivity contribution in [1.29, 1.82) is 5.26 Å². The molecule has 2 aromatic rings. The zero-order chi connectivity index (χ0) is 18.2. The van der Waals surface area contributed by atoms with Gasteiger partial charge in [-0.1, -0.05) is 18.2 Å². The summed E-state index contributed by atoms with van der Waals surface area (Å²) in [5, 5.41) is 12.0. The summed E-state index contributed by atoms with van der Waals surface area (Å²) in [6.45, 7) is 2.45. The highest BCUT2D eigenvalue weighted by Gasteiger charge is 2.12. The Morgan fingerprint density at radius 3 is 2.68 bits per heavy atom. The average Bonchev–Trinajstić information content (AvgIpc) is 2.62. The zero-order valence-corrected chi connectivity index (χ0v) is 15.5. The molecule has 1 amide bonds. The third kappa shape index (κ3) is 4.85. The summed E-state index contributed by atoms with van der Waals surface area (Å²) in [5.74, 6) is 0.727. The molecule has 0 heterocycles. The Kier molecular flexibility index (Phi) is 6.61. The van der Waals surface area contributed by atoms with Gasteiger partial charge in [0.15, 0.2) is 0 Å². The summed E-state index contributed by atoms with van der Waals surface area (Å²) in [6.07, 6.45) is 1.52. The highest BCUT2D eigenvalue weighted by Crippen LogP contribution is 2.27. The molecule has 0 saturated carbocycles. The molecule has 0 atom stereocenters. The van der Waals surface area contributed by atoms with Crippen molar-refractivity contribution in [2.24, 2.45) is 0 Å². The number of benzene rings is 2. The number of rotatable bonds is 6. The number of nitriles is 1. The van der Waals surface area contributed by atoms with Gasteiger partial charge in [0, 0.05) is 0 Å². The Morgan fingerprint density at radius 2 is 2.04 bits per heavy atom. The maximum Gasteiger partial charge on any atom is 0.266 e. The van der Waals surface area contributed by atoms with Crippen LogP contribution in [0.25, 0.3) is 6.08 Å². The molecule has 2 rings (SSSR count). The maximum atomic E-state index is 12.4. The molecule has 1 N–H and O–H groups in total. The lowest BCUT2D eigenvalue weighted by Gasteiger charge is -2.09. The van der Waals surface area contributed by atoms with E-state index in [9.17, 15) is 10.1 Å². The number of nitrogens with zero attached hydrogens (tertiary/aromatic N) is 1. The minimum Gasteiger partial charge on any atom is -0.495 e. The van der Waals surface area contributed by atoms with Gasteiger partial charge in [0.25, 0.3) is 5.91 Å². The fourth-order valence-corrected chi connectivity index (χ4v) is 2.64. The van der Waals surface area contributed by atoms with E-state index in [-0.39, 0.29) is 5.57 Å². The van der Waals surface area contributed by atoms with Gasteiger partial charge in [0.1, 0.15) is 23.1 Å². The molecule has 128 valence electrons. The van der Waals surface area contributed by atoms with E-state index >= 15 is 0 Å². The van der Waals surface area contributed by atoms with Gasteiger partial charge in [-0.3, -0.25) is 4.79 Å². The normalized spacial score (nSPS) is 10.7. The summed E-state index contributed by atoms with van der Waals surface area (Å²) >= 11 is 3.42. The van der Waals surface area contributed by atoms with E-state index in [4.69, 9.17) is 9.47 Å². The minimum absolute atomic E-state index is 0.0121. The lowest BCUT2D eigenvalue weighted by atomic mass is 10.1. The molecule has 0 saturated heterocycles. The first-order chi connectivity index (χ1) is 12.1. The summed E-state index contributed by atoms with van der Waals surface area (Å²) in [7, 11) is 1.52. The maximum absolute atomic E-state index is 12.4. The number of hydrogen-bond donors (Lipinski definition) is 1. The van der Waals surface area contributed by atoms with Crippen molar-refractivity contribution in [2.45, 2.75) is 6.92 Å². The van der Waals surface area contributed by atoms with Crippen molar-refractivity contribution in [3.63, 3.8) is 0 Å². The summed E-state index contributed by atoms with van der Waals surface area (Å²) in [4.78, 5) is 12.4. The van der Waals surface area contributed by atoms with Crippen LogP contribution < -0.4 is 14.8 Å². The van der Waals surface area contributed by atoms with E-state index in [1.807, 2.05) is 13.0 Å². The van der Waals surface area contributed by atoms with Crippen LogP contribution in [-0.2, 0) is 4.79 Å². The first-order valence-electron chi connectivity index (χ1n) is 7.57. The van der Waals surface area contributed by atoms with Gasteiger partial charge in [-0.2, -0.15) is 5.26 Å². The molecule has 5 nitrogen and oxygen atoms in total. The molecule has 25 heavy (non-hydrogen) atoms. The van der Waals surface area contributed by atoms with Gasteiger partial charge in [0.2, 0.25) is 0 Å².